The number of rotatable bonds is 10. The summed E-state index contributed by atoms with van der Waals surface area (Å²) in [4.78, 5) is 31.8. The zero-order valence-corrected chi connectivity index (χ0v) is 22.8. The summed E-state index contributed by atoms with van der Waals surface area (Å²) in [5.74, 6) is -0.616. The van der Waals surface area contributed by atoms with Crippen LogP contribution in [-0.2, 0) is 11.2 Å². The van der Waals surface area contributed by atoms with E-state index in [1.54, 1.807) is 13.1 Å². The fourth-order valence-electron chi connectivity index (χ4n) is 5.16. The number of amides is 1. The fraction of sp³-hybridized carbons (Fsp3) is 0.387. The van der Waals surface area contributed by atoms with Gasteiger partial charge in [0.1, 0.15) is 17.7 Å². The third-order valence-electron chi connectivity index (χ3n) is 7.38. The Bertz CT molecular complexity index is 1270. The molecule has 7 nitrogen and oxygen atoms in total. The second-order valence-corrected chi connectivity index (χ2v) is 10.6. The van der Waals surface area contributed by atoms with Crippen molar-refractivity contribution in [2.24, 2.45) is 5.92 Å². The lowest BCUT2D eigenvalue weighted by Crippen LogP contribution is -2.43. The summed E-state index contributed by atoms with van der Waals surface area (Å²) in [6, 6.07) is 15.3. The number of nitrogens with one attached hydrogen (secondary N) is 2. The van der Waals surface area contributed by atoms with E-state index in [4.69, 9.17) is 0 Å². The highest BCUT2D eigenvalue weighted by Crippen LogP contribution is 2.26. The maximum atomic E-state index is 14.0. The number of aryl methyl sites for hydroxylation is 1. The summed E-state index contributed by atoms with van der Waals surface area (Å²) >= 11 is 0. The van der Waals surface area contributed by atoms with Crippen molar-refractivity contribution in [2.75, 3.05) is 29.9 Å². The van der Waals surface area contributed by atoms with Crippen molar-refractivity contribution in [3.63, 3.8) is 0 Å². The number of anilines is 2. The SMILES string of the molecule is Cc1cc(F)cc(C(C)C)c1C(=O)NC(Cc1ccc(N2CCC(CNc3ccccn3)CC2)cc1)C(=O)O. The van der Waals surface area contributed by atoms with E-state index in [1.807, 2.05) is 56.3 Å². The van der Waals surface area contributed by atoms with Crippen LogP contribution in [0.3, 0.4) is 0 Å². The van der Waals surface area contributed by atoms with Crippen LogP contribution in [0.2, 0.25) is 0 Å². The molecule has 3 aromatic rings. The first-order chi connectivity index (χ1) is 18.7. The van der Waals surface area contributed by atoms with E-state index >= 15 is 0 Å². The molecule has 1 saturated heterocycles. The van der Waals surface area contributed by atoms with E-state index in [0.29, 0.717) is 22.6 Å². The number of nitrogens with zero attached hydrogens (tertiary/aromatic N) is 2. The van der Waals surface area contributed by atoms with E-state index in [0.717, 1.165) is 49.5 Å². The molecule has 4 rings (SSSR count). The van der Waals surface area contributed by atoms with Crippen LogP contribution in [0.25, 0.3) is 0 Å². The van der Waals surface area contributed by atoms with Crippen LogP contribution in [0.15, 0.2) is 60.8 Å². The molecule has 39 heavy (non-hydrogen) atoms. The molecule has 0 spiro atoms. The Kier molecular flexibility index (Phi) is 9.17. The van der Waals surface area contributed by atoms with Gasteiger partial charge in [-0.05, 0) is 84.7 Å². The van der Waals surface area contributed by atoms with Crippen LogP contribution in [0.1, 0.15) is 59.7 Å². The van der Waals surface area contributed by atoms with E-state index in [2.05, 4.69) is 20.5 Å². The number of aromatic nitrogens is 1. The van der Waals surface area contributed by atoms with Crippen LogP contribution in [0, 0.1) is 18.7 Å². The lowest BCUT2D eigenvalue weighted by atomic mass is 9.92. The Morgan fingerprint density at radius 1 is 1.10 bits per heavy atom. The Labute approximate surface area is 229 Å². The van der Waals surface area contributed by atoms with E-state index < -0.39 is 23.7 Å². The van der Waals surface area contributed by atoms with Crippen LogP contribution >= 0.6 is 0 Å². The molecule has 3 N–H and O–H groups in total. The van der Waals surface area contributed by atoms with Crippen LogP contribution in [-0.4, -0.2) is 47.6 Å². The Morgan fingerprint density at radius 2 is 1.82 bits per heavy atom. The van der Waals surface area contributed by atoms with Crippen molar-refractivity contribution in [1.82, 2.24) is 10.3 Å². The summed E-state index contributed by atoms with van der Waals surface area (Å²) in [7, 11) is 0. The number of carbonyl (C=O) groups is 2. The molecule has 8 heteroatoms. The van der Waals surface area contributed by atoms with Gasteiger partial charge >= 0.3 is 5.97 Å². The minimum atomic E-state index is -1.11. The highest BCUT2D eigenvalue weighted by molar-refractivity contribution is 5.99. The number of aliphatic carboxylic acids is 1. The fourth-order valence-corrected chi connectivity index (χ4v) is 5.16. The Morgan fingerprint density at radius 3 is 2.44 bits per heavy atom. The number of hydrogen-bond acceptors (Lipinski definition) is 5. The van der Waals surface area contributed by atoms with Crippen LogP contribution < -0.4 is 15.5 Å². The minimum absolute atomic E-state index is 0.0850. The van der Waals surface area contributed by atoms with Crippen molar-refractivity contribution >= 4 is 23.4 Å². The zero-order valence-electron chi connectivity index (χ0n) is 22.8. The number of benzene rings is 2. The second-order valence-electron chi connectivity index (χ2n) is 10.6. The van der Waals surface area contributed by atoms with Crippen molar-refractivity contribution in [3.05, 3.63) is 88.9 Å². The van der Waals surface area contributed by atoms with Gasteiger partial charge in [-0.15, -0.1) is 0 Å². The van der Waals surface area contributed by atoms with Gasteiger partial charge < -0.3 is 20.6 Å². The average Bonchev–Trinajstić information content (AvgIpc) is 2.92. The monoisotopic (exact) mass is 532 g/mol. The molecule has 2 aromatic carbocycles. The lowest BCUT2D eigenvalue weighted by molar-refractivity contribution is -0.139. The van der Waals surface area contributed by atoms with Gasteiger partial charge in [-0.25, -0.2) is 14.2 Å². The molecule has 1 unspecified atom stereocenters. The minimum Gasteiger partial charge on any atom is -0.480 e. The molecule has 1 amide bonds. The van der Waals surface area contributed by atoms with Crippen molar-refractivity contribution in [1.29, 1.82) is 0 Å². The summed E-state index contributed by atoms with van der Waals surface area (Å²) in [5, 5.41) is 15.9. The number of pyridine rings is 1. The molecule has 0 radical (unpaired) electrons. The number of carboxylic acids is 1. The average molecular weight is 533 g/mol. The predicted octanol–water partition coefficient (Wildman–Crippen LogP) is 5.41. The Hall–Kier alpha value is -3.94. The standard InChI is InChI=1S/C31H37FN4O3/c1-20(2)26-18-24(32)16-21(3)29(26)30(37)35-27(31(38)39)17-22-7-9-25(10-8-22)36-14-11-23(12-15-36)19-34-28-6-4-5-13-33-28/h4-10,13,16,18,20,23,27H,11-12,14-15,17,19H2,1-3H3,(H,33,34)(H,35,37)(H,38,39). The van der Waals surface area contributed by atoms with Crippen molar-refractivity contribution < 1.29 is 19.1 Å². The summed E-state index contributed by atoms with van der Waals surface area (Å²) in [5.41, 5.74) is 3.32. The van der Waals surface area contributed by atoms with Gasteiger partial charge in [-0.3, -0.25) is 4.79 Å². The Balaban J connectivity index is 1.34. The second kappa shape index (κ2) is 12.7. The first-order valence-electron chi connectivity index (χ1n) is 13.5. The highest BCUT2D eigenvalue weighted by atomic mass is 19.1. The topological polar surface area (TPSA) is 94.6 Å². The molecule has 1 atom stereocenters. The maximum absolute atomic E-state index is 14.0. The zero-order chi connectivity index (χ0) is 27.9. The van der Waals surface area contributed by atoms with E-state index in [9.17, 15) is 19.1 Å². The largest absolute Gasteiger partial charge is 0.480 e. The van der Waals surface area contributed by atoms with Gasteiger partial charge in [-0.2, -0.15) is 0 Å². The molecule has 1 aromatic heterocycles. The number of piperidine rings is 1. The number of carbonyl (C=O) groups excluding carboxylic acids is 1. The van der Waals surface area contributed by atoms with Gasteiger partial charge in [0.15, 0.2) is 0 Å². The number of carboxylic acid groups (broad SMARTS) is 1. The molecule has 0 bridgehead atoms. The van der Waals surface area contributed by atoms with Gasteiger partial charge in [-0.1, -0.05) is 32.0 Å². The van der Waals surface area contributed by atoms with E-state index in [-0.39, 0.29) is 12.3 Å². The first-order valence-corrected chi connectivity index (χ1v) is 13.5. The van der Waals surface area contributed by atoms with Gasteiger partial charge in [0, 0.05) is 43.5 Å². The highest BCUT2D eigenvalue weighted by Gasteiger charge is 2.25. The maximum Gasteiger partial charge on any atom is 0.326 e. The molecule has 0 saturated carbocycles. The smallest absolute Gasteiger partial charge is 0.326 e. The third-order valence-corrected chi connectivity index (χ3v) is 7.38. The molecular weight excluding hydrogens is 495 g/mol. The first kappa shape index (κ1) is 28.1. The molecule has 2 heterocycles. The van der Waals surface area contributed by atoms with E-state index in [1.165, 1.54) is 12.1 Å². The van der Waals surface area contributed by atoms with Crippen molar-refractivity contribution in [3.8, 4) is 0 Å². The van der Waals surface area contributed by atoms with Gasteiger partial charge in [0.05, 0.1) is 0 Å². The third kappa shape index (κ3) is 7.34. The predicted molar refractivity (Wildman–Crippen MR) is 152 cm³/mol. The molecule has 1 aliphatic heterocycles. The normalized spacial score (nSPS) is 14.7. The van der Waals surface area contributed by atoms with Crippen LogP contribution in [0.5, 0.6) is 0 Å². The molecular formula is C31H37FN4O3. The van der Waals surface area contributed by atoms with Gasteiger partial charge in [0.2, 0.25) is 0 Å². The van der Waals surface area contributed by atoms with Gasteiger partial charge in [0.25, 0.3) is 5.91 Å². The summed E-state index contributed by atoms with van der Waals surface area (Å²) in [6.45, 7) is 8.24. The quantitative estimate of drug-likeness (QED) is 0.323. The molecule has 206 valence electrons. The molecule has 0 aliphatic carbocycles. The molecule has 1 aliphatic rings. The summed E-state index contributed by atoms with van der Waals surface area (Å²) in [6.07, 6.45) is 4.10. The lowest BCUT2D eigenvalue weighted by Gasteiger charge is -2.34. The summed E-state index contributed by atoms with van der Waals surface area (Å²) < 4.78 is 14.0. The number of hydrogen-bond donors (Lipinski definition) is 3. The number of halogens is 1. The molecule has 1 fully saturated rings. The van der Waals surface area contributed by atoms with Crippen LogP contribution in [0.4, 0.5) is 15.9 Å². The van der Waals surface area contributed by atoms with Crippen molar-refractivity contribution in [2.45, 2.75) is 52.0 Å².